The lowest BCUT2D eigenvalue weighted by atomic mass is 9.61. The van der Waals surface area contributed by atoms with E-state index < -0.39 is 10.8 Å². The Morgan fingerprint density at radius 1 is 0.676 bits per heavy atom. The van der Waals surface area contributed by atoms with Gasteiger partial charge >= 0.3 is 0 Å². The van der Waals surface area contributed by atoms with Gasteiger partial charge in [0, 0.05) is 0 Å². The Balaban J connectivity index is 1.54. The number of carbonyl (C=O) groups is 2. The molecule has 1 heterocycles. The lowest BCUT2D eigenvalue weighted by Crippen LogP contribution is -2.41. The van der Waals surface area contributed by atoms with Crippen LogP contribution in [0.2, 0.25) is 5.02 Å². The van der Waals surface area contributed by atoms with Crippen molar-refractivity contribution in [2.45, 2.75) is 25.7 Å². The summed E-state index contributed by atoms with van der Waals surface area (Å²) in [6.45, 7) is 0. The van der Waals surface area contributed by atoms with E-state index in [2.05, 4.69) is 36.4 Å². The van der Waals surface area contributed by atoms with E-state index in [9.17, 15) is 9.59 Å². The van der Waals surface area contributed by atoms with E-state index in [1.54, 1.807) is 12.1 Å². The van der Waals surface area contributed by atoms with E-state index >= 15 is 0 Å². The second-order valence-corrected chi connectivity index (χ2v) is 9.91. The average Bonchev–Trinajstić information content (AvgIpc) is 3.31. The van der Waals surface area contributed by atoms with Crippen LogP contribution >= 0.6 is 11.6 Å². The van der Waals surface area contributed by atoms with Gasteiger partial charge < -0.3 is 0 Å². The molecule has 2 aliphatic carbocycles. The van der Waals surface area contributed by atoms with Gasteiger partial charge in [-0.15, -0.1) is 0 Å². The minimum absolute atomic E-state index is 0.120. The van der Waals surface area contributed by atoms with E-state index in [4.69, 9.17) is 11.6 Å². The number of amides is 2. The number of rotatable bonds is 3. The second kappa shape index (κ2) is 7.82. The molecule has 3 aromatic rings. The van der Waals surface area contributed by atoms with E-state index in [1.165, 1.54) is 10.5 Å². The average molecular weight is 466 g/mol. The van der Waals surface area contributed by atoms with E-state index in [-0.39, 0.29) is 11.8 Å². The molecule has 0 radical (unpaired) electrons. The van der Waals surface area contributed by atoms with Crippen LogP contribution in [0, 0.1) is 10.8 Å². The number of nitrogens with zero attached hydrogens (tertiary/aromatic N) is 1. The first-order valence-electron chi connectivity index (χ1n) is 11.7. The van der Waals surface area contributed by atoms with Crippen molar-refractivity contribution in [3.63, 3.8) is 0 Å². The molecule has 0 bridgehead atoms. The van der Waals surface area contributed by atoms with Crippen LogP contribution in [0.3, 0.4) is 0 Å². The molecule has 1 saturated heterocycles. The summed E-state index contributed by atoms with van der Waals surface area (Å²) in [5.74, 6) is -0.240. The molecule has 0 spiro atoms. The number of para-hydroxylation sites is 1. The molecule has 2 atom stereocenters. The molecule has 0 N–H and O–H groups in total. The number of hydrogen-bond acceptors (Lipinski definition) is 2. The quantitative estimate of drug-likeness (QED) is 0.314. The zero-order valence-corrected chi connectivity index (χ0v) is 19.5. The van der Waals surface area contributed by atoms with Crippen LogP contribution in [-0.4, -0.2) is 11.8 Å². The minimum Gasteiger partial charge on any atom is -0.273 e. The maximum absolute atomic E-state index is 14.1. The van der Waals surface area contributed by atoms with E-state index in [1.807, 2.05) is 48.5 Å². The molecule has 1 aliphatic heterocycles. The van der Waals surface area contributed by atoms with E-state index in [0.717, 1.165) is 16.7 Å². The molecule has 0 aromatic heterocycles. The third-order valence-electron chi connectivity index (χ3n) is 7.84. The summed E-state index contributed by atoms with van der Waals surface area (Å²) in [6, 6.07) is 27.7. The molecule has 1 saturated carbocycles. The molecule has 2 fully saturated rings. The third-order valence-corrected chi connectivity index (χ3v) is 8.16. The Kier molecular flexibility index (Phi) is 4.86. The topological polar surface area (TPSA) is 37.4 Å². The molecule has 34 heavy (non-hydrogen) atoms. The van der Waals surface area contributed by atoms with Crippen molar-refractivity contribution >= 4 is 34.7 Å². The molecule has 4 heteroatoms. The van der Waals surface area contributed by atoms with Gasteiger partial charge in [0.25, 0.3) is 0 Å². The first kappa shape index (κ1) is 21.1. The highest BCUT2D eigenvalue weighted by Gasteiger charge is 2.72. The van der Waals surface area contributed by atoms with Gasteiger partial charge in [-0.1, -0.05) is 102 Å². The van der Waals surface area contributed by atoms with Crippen molar-refractivity contribution in [3.8, 4) is 0 Å². The molecule has 2 amide bonds. The monoisotopic (exact) mass is 465 g/mol. The third kappa shape index (κ3) is 2.83. The Morgan fingerprint density at radius 3 is 1.65 bits per heavy atom. The summed E-state index contributed by atoms with van der Waals surface area (Å²) >= 11 is 6.45. The number of benzene rings is 3. The number of anilines is 1. The number of carbonyl (C=O) groups excluding carboxylic acids is 2. The van der Waals surface area contributed by atoms with Crippen LogP contribution in [0.1, 0.15) is 36.8 Å². The number of allylic oxidation sites excluding steroid dienone is 3. The number of halogens is 1. The maximum atomic E-state index is 14.1. The van der Waals surface area contributed by atoms with Crippen LogP contribution in [0.5, 0.6) is 0 Å². The summed E-state index contributed by atoms with van der Waals surface area (Å²) in [5, 5.41) is 0.423. The van der Waals surface area contributed by atoms with Gasteiger partial charge in [-0.05, 0) is 54.5 Å². The van der Waals surface area contributed by atoms with Crippen molar-refractivity contribution < 1.29 is 9.59 Å². The van der Waals surface area contributed by atoms with Crippen molar-refractivity contribution in [2.75, 3.05) is 4.90 Å². The standard InChI is InChI=1S/C30H24ClNO2/c31-24-15-7-8-16-25(24)32-27(33)29-17-9-10-18-30(29,28(32)34)20-23(19-29)26(21-11-3-1-4-12-21)22-13-5-2-6-14-22/h1-16H,17-20H2. The van der Waals surface area contributed by atoms with Crippen molar-refractivity contribution in [1.82, 2.24) is 0 Å². The van der Waals surface area contributed by atoms with Crippen molar-refractivity contribution in [2.24, 2.45) is 10.8 Å². The SMILES string of the molecule is O=C1N(c2ccccc2Cl)C(=O)C23CC=CCC12CC(=C(c1ccccc1)c1ccccc1)C3. The fourth-order valence-corrected chi connectivity index (χ4v) is 6.52. The Morgan fingerprint density at radius 2 is 1.15 bits per heavy atom. The predicted molar refractivity (Wildman–Crippen MR) is 135 cm³/mol. The Labute approximate surface area is 204 Å². The van der Waals surface area contributed by atoms with Gasteiger partial charge in [0.15, 0.2) is 0 Å². The first-order valence-corrected chi connectivity index (χ1v) is 12.1. The van der Waals surface area contributed by atoms with Gasteiger partial charge in [-0.2, -0.15) is 0 Å². The highest BCUT2D eigenvalue weighted by atomic mass is 35.5. The molecule has 3 aromatic carbocycles. The van der Waals surface area contributed by atoms with Crippen LogP contribution < -0.4 is 4.90 Å². The van der Waals surface area contributed by atoms with Crippen LogP contribution in [-0.2, 0) is 9.59 Å². The van der Waals surface area contributed by atoms with Gasteiger partial charge in [0.2, 0.25) is 11.8 Å². The molecule has 3 nitrogen and oxygen atoms in total. The summed E-state index contributed by atoms with van der Waals surface area (Å²) in [6.07, 6.45) is 6.43. The fraction of sp³-hybridized carbons (Fsp3) is 0.200. The lowest BCUT2D eigenvalue weighted by molar-refractivity contribution is -0.132. The highest BCUT2D eigenvalue weighted by Crippen LogP contribution is 2.67. The summed E-state index contributed by atoms with van der Waals surface area (Å²) in [7, 11) is 0. The zero-order chi connectivity index (χ0) is 23.3. The van der Waals surface area contributed by atoms with Crippen LogP contribution in [0.4, 0.5) is 5.69 Å². The number of hydrogen-bond donors (Lipinski definition) is 0. The van der Waals surface area contributed by atoms with Gasteiger partial charge in [-0.3, -0.25) is 9.59 Å². The smallest absolute Gasteiger partial charge is 0.241 e. The minimum atomic E-state index is -0.776. The summed E-state index contributed by atoms with van der Waals surface area (Å²) < 4.78 is 0. The van der Waals surface area contributed by atoms with Gasteiger partial charge in [-0.25, -0.2) is 4.90 Å². The highest BCUT2D eigenvalue weighted by molar-refractivity contribution is 6.36. The Bertz CT molecular complexity index is 1280. The molecule has 3 aliphatic rings. The Hall–Kier alpha value is -3.43. The molecular weight excluding hydrogens is 442 g/mol. The lowest BCUT2D eigenvalue weighted by Gasteiger charge is -2.36. The summed E-state index contributed by atoms with van der Waals surface area (Å²) in [5.41, 5.74) is 3.49. The molecule has 2 unspecified atom stereocenters. The predicted octanol–water partition coefficient (Wildman–Crippen LogP) is 6.83. The zero-order valence-electron chi connectivity index (χ0n) is 18.7. The molecule has 168 valence electrons. The molecule has 6 rings (SSSR count). The van der Waals surface area contributed by atoms with Crippen molar-refractivity contribution in [3.05, 3.63) is 119 Å². The molecular formula is C30H24ClNO2. The second-order valence-electron chi connectivity index (χ2n) is 9.51. The number of imide groups is 1. The maximum Gasteiger partial charge on any atom is 0.241 e. The first-order chi connectivity index (χ1) is 16.6. The van der Waals surface area contributed by atoms with Gasteiger partial charge in [0.1, 0.15) is 0 Å². The largest absolute Gasteiger partial charge is 0.273 e. The van der Waals surface area contributed by atoms with Gasteiger partial charge in [0.05, 0.1) is 21.5 Å². The van der Waals surface area contributed by atoms with Crippen LogP contribution in [0.25, 0.3) is 5.57 Å². The van der Waals surface area contributed by atoms with Crippen LogP contribution in [0.15, 0.2) is 103 Å². The summed E-state index contributed by atoms with van der Waals surface area (Å²) in [4.78, 5) is 29.6. The fourth-order valence-electron chi connectivity index (χ4n) is 6.30. The normalized spacial score (nSPS) is 25.4. The van der Waals surface area contributed by atoms with E-state index in [0.29, 0.717) is 36.4 Å². The van der Waals surface area contributed by atoms with Crippen molar-refractivity contribution in [1.29, 1.82) is 0 Å².